The molecule has 2 saturated carbocycles. The minimum Gasteiger partial charge on any atom is -0.319 e. The summed E-state index contributed by atoms with van der Waals surface area (Å²) < 4.78 is 55.9. The van der Waals surface area contributed by atoms with Crippen molar-refractivity contribution in [1.29, 1.82) is 0 Å². The van der Waals surface area contributed by atoms with E-state index in [2.05, 4.69) is 23.5 Å². The van der Waals surface area contributed by atoms with E-state index in [9.17, 15) is 17.6 Å². The summed E-state index contributed by atoms with van der Waals surface area (Å²) in [7, 11) is -3.55. The van der Waals surface area contributed by atoms with E-state index >= 15 is 4.39 Å². The molecule has 4 fully saturated rings. The van der Waals surface area contributed by atoms with E-state index in [-0.39, 0.29) is 36.4 Å². The molecule has 1 aromatic carbocycles. The molecule has 0 aromatic heterocycles. The number of likely N-dealkylation sites (tertiary alicyclic amines) is 2. The molecule has 1 aromatic rings. The van der Waals surface area contributed by atoms with Crippen molar-refractivity contribution >= 4 is 16.1 Å². The second-order valence-electron chi connectivity index (χ2n) is 10.5. The van der Waals surface area contributed by atoms with Gasteiger partial charge in [-0.3, -0.25) is 0 Å². The summed E-state index contributed by atoms with van der Waals surface area (Å²) in [6.45, 7) is 2.52. The van der Waals surface area contributed by atoms with Crippen molar-refractivity contribution < 1.29 is 22.0 Å². The van der Waals surface area contributed by atoms with Gasteiger partial charge in [0.25, 0.3) is 0 Å². The molecule has 5 rings (SSSR count). The van der Waals surface area contributed by atoms with Crippen LogP contribution in [0.15, 0.2) is 18.2 Å². The van der Waals surface area contributed by atoms with E-state index in [1.807, 2.05) is 0 Å². The molecule has 1 spiro atoms. The first-order valence-electron chi connectivity index (χ1n) is 11.5. The molecule has 2 heterocycles. The third-order valence-electron chi connectivity index (χ3n) is 7.52. The molecular formula is C24H29F2N3O3S. The Labute approximate surface area is 193 Å². The average Bonchev–Trinajstić information content (AvgIpc) is 3.62. The number of halogens is 2. The zero-order valence-electron chi connectivity index (χ0n) is 18.9. The lowest BCUT2D eigenvalue weighted by molar-refractivity contribution is 0.0643. The third kappa shape index (κ3) is 4.47. The topological polar surface area (TPSA) is 69.7 Å². The van der Waals surface area contributed by atoms with Crippen molar-refractivity contribution in [3.63, 3.8) is 0 Å². The first kappa shape index (κ1) is 22.6. The van der Waals surface area contributed by atoms with Gasteiger partial charge in [0.05, 0.1) is 31.0 Å². The van der Waals surface area contributed by atoms with E-state index in [4.69, 9.17) is 0 Å². The maximum Gasteiger partial charge on any atom is 0.320 e. The number of hydrogen-bond donors (Lipinski definition) is 1. The molecule has 9 heteroatoms. The van der Waals surface area contributed by atoms with Crippen molar-refractivity contribution in [3.05, 3.63) is 35.1 Å². The summed E-state index contributed by atoms with van der Waals surface area (Å²) in [5.41, 5.74) is 0.326. The summed E-state index contributed by atoms with van der Waals surface area (Å²) >= 11 is 0. The number of amides is 2. The lowest BCUT2D eigenvalue weighted by Crippen LogP contribution is -2.58. The fourth-order valence-corrected chi connectivity index (χ4v) is 5.87. The maximum atomic E-state index is 15.4. The lowest BCUT2D eigenvalue weighted by atomic mass is 9.92. The van der Waals surface area contributed by atoms with E-state index < -0.39 is 34.1 Å². The summed E-state index contributed by atoms with van der Waals surface area (Å²) in [4.78, 5) is 16.2. The quantitative estimate of drug-likeness (QED) is 0.678. The summed E-state index contributed by atoms with van der Waals surface area (Å²) in [5, 5.41) is 0. The maximum absolute atomic E-state index is 15.4. The fourth-order valence-electron chi connectivity index (χ4n) is 5.00. The number of urea groups is 1. The zero-order valence-corrected chi connectivity index (χ0v) is 19.7. The van der Waals surface area contributed by atoms with Crippen LogP contribution in [-0.2, 0) is 16.4 Å². The van der Waals surface area contributed by atoms with Gasteiger partial charge < -0.3 is 9.80 Å². The highest BCUT2D eigenvalue weighted by molar-refractivity contribution is 7.88. The summed E-state index contributed by atoms with van der Waals surface area (Å²) in [6.07, 6.45) is 3.83. The van der Waals surface area contributed by atoms with E-state index in [0.29, 0.717) is 17.7 Å². The smallest absolute Gasteiger partial charge is 0.319 e. The van der Waals surface area contributed by atoms with Gasteiger partial charge in [-0.2, -0.15) is 0 Å². The van der Waals surface area contributed by atoms with Gasteiger partial charge in [0, 0.05) is 23.4 Å². The number of alkyl halides is 1. The first-order chi connectivity index (χ1) is 15.5. The van der Waals surface area contributed by atoms with Gasteiger partial charge in [0.1, 0.15) is 12.0 Å². The Hall–Kier alpha value is -2.18. The molecule has 178 valence electrons. The SMILES string of the molecule is CC1(C#Cc2cccc(CC3C(NS(C)(=O)=O)C4(CC4)CN3C(=O)N3CC(F)C3)c2F)CC1. The Balaban J connectivity index is 1.46. The van der Waals surface area contributed by atoms with Crippen molar-refractivity contribution in [2.75, 3.05) is 25.9 Å². The molecule has 2 aliphatic heterocycles. The minimum atomic E-state index is -3.55. The van der Waals surface area contributed by atoms with E-state index in [1.54, 1.807) is 23.1 Å². The van der Waals surface area contributed by atoms with Crippen molar-refractivity contribution in [2.24, 2.45) is 10.8 Å². The number of sulfonamides is 1. The second kappa shape index (κ2) is 7.67. The molecule has 6 nitrogen and oxygen atoms in total. The van der Waals surface area contributed by atoms with Crippen LogP contribution in [-0.4, -0.2) is 68.4 Å². The number of hydrogen-bond acceptors (Lipinski definition) is 3. The normalized spacial score (nSPS) is 27.2. The van der Waals surface area contributed by atoms with Gasteiger partial charge in [-0.25, -0.2) is 26.7 Å². The van der Waals surface area contributed by atoms with Crippen LogP contribution in [0.4, 0.5) is 13.6 Å². The van der Waals surface area contributed by atoms with Crippen LogP contribution >= 0.6 is 0 Å². The van der Waals surface area contributed by atoms with Crippen LogP contribution < -0.4 is 4.72 Å². The predicted octanol–water partition coefficient (Wildman–Crippen LogP) is 2.68. The van der Waals surface area contributed by atoms with E-state index in [0.717, 1.165) is 31.9 Å². The number of carbonyl (C=O) groups excluding carboxylic acids is 1. The number of nitrogens with zero attached hydrogens (tertiary/aromatic N) is 2. The van der Waals surface area contributed by atoms with Gasteiger partial charge in [-0.1, -0.05) is 24.0 Å². The third-order valence-corrected chi connectivity index (χ3v) is 8.21. The number of benzene rings is 1. The Morgan fingerprint density at radius 3 is 2.52 bits per heavy atom. The molecule has 2 atom stereocenters. The molecule has 0 radical (unpaired) electrons. The summed E-state index contributed by atoms with van der Waals surface area (Å²) in [6, 6.07) is 3.67. The van der Waals surface area contributed by atoms with Crippen LogP contribution in [0.5, 0.6) is 0 Å². The molecule has 2 amide bonds. The van der Waals surface area contributed by atoms with Crippen LogP contribution in [0.25, 0.3) is 0 Å². The van der Waals surface area contributed by atoms with Crippen molar-refractivity contribution in [1.82, 2.24) is 14.5 Å². The van der Waals surface area contributed by atoms with Crippen LogP contribution in [0.1, 0.15) is 43.7 Å². The zero-order chi connectivity index (χ0) is 23.6. The van der Waals surface area contributed by atoms with Crippen molar-refractivity contribution in [3.8, 4) is 11.8 Å². The molecule has 4 aliphatic rings. The molecule has 1 N–H and O–H groups in total. The first-order valence-corrected chi connectivity index (χ1v) is 13.4. The van der Waals surface area contributed by atoms with Gasteiger partial charge >= 0.3 is 6.03 Å². The Kier molecular flexibility index (Phi) is 5.25. The summed E-state index contributed by atoms with van der Waals surface area (Å²) in [5.74, 6) is 5.69. The monoisotopic (exact) mass is 477 g/mol. The van der Waals surface area contributed by atoms with Gasteiger partial charge in [0.15, 0.2) is 0 Å². The highest BCUT2D eigenvalue weighted by Gasteiger charge is 2.62. The lowest BCUT2D eigenvalue weighted by Gasteiger charge is -2.39. The highest BCUT2D eigenvalue weighted by Crippen LogP contribution is 2.56. The Morgan fingerprint density at radius 2 is 1.94 bits per heavy atom. The van der Waals surface area contributed by atoms with E-state index in [1.165, 1.54) is 4.90 Å². The van der Waals surface area contributed by atoms with Gasteiger partial charge in [-0.15, -0.1) is 0 Å². The largest absolute Gasteiger partial charge is 0.320 e. The molecule has 2 unspecified atom stereocenters. The van der Waals surface area contributed by atoms with Crippen LogP contribution in [0.3, 0.4) is 0 Å². The van der Waals surface area contributed by atoms with Gasteiger partial charge in [0.2, 0.25) is 10.0 Å². The predicted molar refractivity (Wildman–Crippen MR) is 120 cm³/mol. The molecule has 2 aliphatic carbocycles. The minimum absolute atomic E-state index is 0.0362. The Morgan fingerprint density at radius 1 is 1.24 bits per heavy atom. The van der Waals surface area contributed by atoms with Crippen LogP contribution in [0.2, 0.25) is 0 Å². The van der Waals surface area contributed by atoms with Crippen LogP contribution in [0, 0.1) is 28.5 Å². The second-order valence-corrected chi connectivity index (χ2v) is 12.3. The average molecular weight is 478 g/mol. The Bertz CT molecular complexity index is 1150. The van der Waals surface area contributed by atoms with Crippen molar-refractivity contribution in [2.45, 2.75) is 57.3 Å². The standard InChI is InChI=1S/C24H29F2N3O3S/c1-23(8-9-23)7-6-16-4-3-5-17(20(16)26)12-19-21(27-33(2,31)32)24(10-11-24)15-29(19)22(30)28-13-18(25)14-28/h3-5,18-19,21,27H,8-15H2,1-2H3. The number of nitrogens with one attached hydrogen (secondary N) is 1. The molecular weight excluding hydrogens is 448 g/mol. The number of carbonyl (C=O) groups is 1. The van der Waals surface area contributed by atoms with Gasteiger partial charge in [-0.05, 0) is 50.7 Å². The molecule has 2 saturated heterocycles. The number of rotatable bonds is 4. The highest BCUT2D eigenvalue weighted by atomic mass is 32.2. The fraction of sp³-hybridized carbons (Fsp3) is 0.625. The molecule has 0 bridgehead atoms. The molecule has 33 heavy (non-hydrogen) atoms.